The lowest BCUT2D eigenvalue weighted by molar-refractivity contribution is -0.105. The second-order valence-corrected chi connectivity index (χ2v) is 8.76. The lowest BCUT2D eigenvalue weighted by Gasteiger charge is -2.23. The highest BCUT2D eigenvalue weighted by atomic mass is 16.7. The maximum absolute atomic E-state index is 12.9. The molecule has 3 aromatic rings. The highest BCUT2D eigenvalue weighted by Gasteiger charge is 2.26. The molecule has 1 aromatic carbocycles. The summed E-state index contributed by atoms with van der Waals surface area (Å²) in [7, 11) is 0. The Hall–Kier alpha value is -2.97. The van der Waals surface area contributed by atoms with E-state index in [1.54, 1.807) is 13.0 Å². The Morgan fingerprint density at radius 1 is 1.09 bits per heavy atom. The monoisotopic (exact) mass is 465 g/mol. The predicted molar refractivity (Wildman–Crippen MR) is 127 cm³/mol. The van der Waals surface area contributed by atoms with E-state index in [1.165, 1.54) is 0 Å². The van der Waals surface area contributed by atoms with Gasteiger partial charge in [-0.15, -0.1) is 0 Å². The van der Waals surface area contributed by atoms with Crippen LogP contribution in [0, 0.1) is 6.92 Å². The van der Waals surface area contributed by atoms with Gasteiger partial charge in [0.2, 0.25) is 0 Å². The Balaban J connectivity index is 1.53. The average molecular weight is 466 g/mol. The van der Waals surface area contributed by atoms with Crippen molar-refractivity contribution in [1.29, 1.82) is 0 Å². The molecule has 2 saturated heterocycles. The number of hydrogen-bond donors (Lipinski definition) is 0. The zero-order valence-corrected chi connectivity index (χ0v) is 19.8. The number of pyridine rings is 1. The van der Waals surface area contributed by atoms with Crippen LogP contribution in [-0.4, -0.2) is 46.8 Å². The first kappa shape index (κ1) is 22.8. The lowest BCUT2D eigenvalue weighted by Crippen LogP contribution is -2.24. The second kappa shape index (κ2) is 10.1. The largest absolute Gasteiger partial charge is 0.465 e. The third kappa shape index (κ3) is 4.65. The van der Waals surface area contributed by atoms with Crippen LogP contribution in [0.3, 0.4) is 0 Å². The number of nitrogens with zero attached hydrogens (tertiary/aromatic N) is 3. The maximum atomic E-state index is 12.9. The fourth-order valence-electron chi connectivity index (χ4n) is 4.61. The number of aryl methyl sites for hydroxylation is 1. The molecule has 8 heteroatoms. The number of fused-ring (bicyclic) bond motifs is 1. The van der Waals surface area contributed by atoms with Crippen molar-refractivity contribution in [3.05, 3.63) is 41.6 Å². The number of aromatic nitrogens is 3. The van der Waals surface area contributed by atoms with E-state index >= 15 is 0 Å². The molecule has 8 nitrogen and oxygen atoms in total. The summed E-state index contributed by atoms with van der Waals surface area (Å²) in [6.45, 7) is 5.43. The Kier molecular flexibility index (Phi) is 6.78. The van der Waals surface area contributed by atoms with Gasteiger partial charge in [0.15, 0.2) is 18.2 Å². The van der Waals surface area contributed by atoms with Gasteiger partial charge in [0.05, 0.1) is 35.6 Å². The van der Waals surface area contributed by atoms with Gasteiger partial charge in [-0.1, -0.05) is 0 Å². The van der Waals surface area contributed by atoms with Crippen LogP contribution in [0.1, 0.15) is 67.7 Å². The number of carbonyl (C=O) groups is 1. The molecule has 2 aliphatic rings. The topological polar surface area (TPSA) is 84.7 Å². The Labute approximate surface area is 199 Å². The molecule has 0 N–H and O–H groups in total. The zero-order valence-electron chi connectivity index (χ0n) is 19.8. The molecule has 0 bridgehead atoms. The van der Waals surface area contributed by atoms with Crippen molar-refractivity contribution in [2.75, 3.05) is 19.8 Å². The van der Waals surface area contributed by atoms with E-state index in [-0.39, 0.29) is 18.5 Å². The van der Waals surface area contributed by atoms with Gasteiger partial charge in [-0.05, 0) is 76.3 Å². The summed E-state index contributed by atoms with van der Waals surface area (Å²) >= 11 is 0. The molecule has 2 aliphatic heterocycles. The first-order chi connectivity index (χ1) is 16.6. The molecule has 2 aromatic heterocycles. The zero-order chi connectivity index (χ0) is 23.5. The smallest absolute Gasteiger partial charge is 0.339 e. The average Bonchev–Trinajstić information content (AvgIpc) is 3.21. The second-order valence-electron chi connectivity index (χ2n) is 8.76. The summed E-state index contributed by atoms with van der Waals surface area (Å²) in [5, 5.41) is 5.43. The molecule has 2 unspecified atom stereocenters. The predicted octanol–water partition coefficient (Wildman–Crippen LogP) is 5.19. The molecule has 0 spiro atoms. The summed E-state index contributed by atoms with van der Waals surface area (Å²) < 4.78 is 24.8. The molecular formula is C26H31N3O5. The fourth-order valence-corrected chi connectivity index (χ4v) is 4.61. The first-order valence-electron chi connectivity index (χ1n) is 12.2. The molecule has 180 valence electrons. The van der Waals surface area contributed by atoms with Crippen LogP contribution in [-0.2, 0) is 14.2 Å². The van der Waals surface area contributed by atoms with Crippen molar-refractivity contribution < 1.29 is 23.7 Å². The van der Waals surface area contributed by atoms with Gasteiger partial charge in [0.25, 0.3) is 0 Å². The van der Waals surface area contributed by atoms with E-state index in [0.29, 0.717) is 35.5 Å². The van der Waals surface area contributed by atoms with Crippen LogP contribution in [0.2, 0.25) is 0 Å². The van der Waals surface area contributed by atoms with Crippen molar-refractivity contribution >= 4 is 17.0 Å². The van der Waals surface area contributed by atoms with E-state index in [1.807, 2.05) is 35.9 Å². The quantitative estimate of drug-likeness (QED) is 0.463. The van der Waals surface area contributed by atoms with E-state index in [9.17, 15) is 4.79 Å². The van der Waals surface area contributed by atoms with Gasteiger partial charge < -0.3 is 18.9 Å². The summed E-state index contributed by atoms with van der Waals surface area (Å²) in [5.41, 5.74) is 3.40. The third-order valence-corrected chi connectivity index (χ3v) is 6.32. The van der Waals surface area contributed by atoms with Crippen molar-refractivity contribution in [2.45, 2.75) is 64.9 Å². The van der Waals surface area contributed by atoms with E-state index < -0.39 is 0 Å². The molecule has 2 atom stereocenters. The van der Waals surface area contributed by atoms with Crippen LogP contribution >= 0.6 is 0 Å². The molecule has 4 heterocycles. The molecule has 0 amide bonds. The minimum absolute atomic E-state index is 0.186. The van der Waals surface area contributed by atoms with Gasteiger partial charge in [-0.3, -0.25) is 0 Å². The molecule has 0 saturated carbocycles. The maximum Gasteiger partial charge on any atom is 0.339 e. The Morgan fingerprint density at radius 3 is 2.53 bits per heavy atom. The minimum Gasteiger partial charge on any atom is -0.465 e. The van der Waals surface area contributed by atoms with Gasteiger partial charge >= 0.3 is 5.97 Å². The van der Waals surface area contributed by atoms with Crippen LogP contribution in [0.25, 0.3) is 22.3 Å². The normalized spacial score (nSPS) is 20.9. The fraction of sp³-hybridized carbons (Fsp3) is 0.500. The van der Waals surface area contributed by atoms with Crippen LogP contribution in [0.15, 0.2) is 30.3 Å². The van der Waals surface area contributed by atoms with Crippen LogP contribution in [0.4, 0.5) is 0 Å². The highest BCUT2D eigenvalue weighted by Crippen LogP contribution is 2.32. The number of rotatable bonds is 6. The van der Waals surface area contributed by atoms with Crippen molar-refractivity contribution in [1.82, 2.24) is 14.8 Å². The molecular weight excluding hydrogens is 434 g/mol. The summed E-state index contributed by atoms with van der Waals surface area (Å²) in [6.07, 6.45) is 5.69. The first-order valence-corrected chi connectivity index (χ1v) is 12.2. The van der Waals surface area contributed by atoms with Gasteiger partial charge in [-0.2, -0.15) is 5.10 Å². The molecule has 0 radical (unpaired) electrons. The van der Waals surface area contributed by atoms with E-state index in [2.05, 4.69) is 0 Å². The number of carbonyl (C=O) groups excluding carboxylic acids is 1. The molecule has 34 heavy (non-hydrogen) atoms. The van der Waals surface area contributed by atoms with Crippen molar-refractivity contribution in [3.8, 4) is 17.0 Å². The third-order valence-electron chi connectivity index (χ3n) is 6.32. The lowest BCUT2D eigenvalue weighted by atomic mass is 10.1. The Morgan fingerprint density at radius 2 is 1.85 bits per heavy atom. The summed E-state index contributed by atoms with van der Waals surface area (Å²) in [5.74, 6) is 0.372. The standard InChI is InChI=1S/C26H31N3O5/c1-3-31-26(30)20-16-21(18-10-12-19(13-11-18)34-23-9-5-7-15-33-23)27-25-24(20)17(2)28-29(25)22-8-4-6-14-32-22/h10-13,16,22-23H,3-9,14-15H2,1-2H3. The van der Waals surface area contributed by atoms with Crippen molar-refractivity contribution in [3.63, 3.8) is 0 Å². The SMILES string of the molecule is CCOC(=O)c1cc(-c2ccc(OC3CCCCO3)cc2)nc2c1c(C)nn2C1CCCCO1. The van der Waals surface area contributed by atoms with Gasteiger partial charge in [0.1, 0.15) is 5.75 Å². The summed E-state index contributed by atoms with van der Waals surface area (Å²) in [6, 6.07) is 9.52. The summed E-state index contributed by atoms with van der Waals surface area (Å²) in [4.78, 5) is 17.8. The highest BCUT2D eigenvalue weighted by molar-refractivity contribution is 6.05. The molecule has 5 rings (SSSR count). The van der Waals surface area contributed by atoms with Crippen molar-refractivity contribution in [2.24, 2.45) is 0 Å². The van der Waals surface area contributed by atoms with Crippen LogP contribution in [0.5, 0.6) is 5.75 Å². The van der Waals surface area contributed by atoms with Gasteiger partial charge in [-0.25, -0.2) is 14.5 Å². The van der Waals surface area contributed by atoms with Gasteiger partial charge in [0, 0.05) is 18.6 Å². The van der Waals surface area contributed by atoms with E-state index in [0.717, 1.165) is 62.1 Å². The number of esters is 1. The molecule has 2 fully saturated rings. The van der Waals surface area contributed by atoms with Crippen LogP contribution < -0.4 is 4.74 Å². The number of hydrogen-bond acceptors (Lipinski definition) is 7. The number of benzene rings is 1. The molecule has 0 aliphatic carbocycles. The van der Waals surface area contributed by atoms with E-state index in [4.69, 9.17) is 29.0 Å². The number of ether oxygens (including phenoxy) is 4. The minimum atomic E-state index is -0.377. The Bertz CT molecular complexity index is 1150.